The van der Waals surface area contributed by atoms with Crippen LogP contribution in [-0.4, -0.2) is 31.8 Å². The Morgan fingerprint density at radius 1 is 1.28 bits per heavy atom. The molecule has 1 aromatic carbocycles. The maximum atomic E-state index is 11.5. The normalized spacial score (nSPS) is 10.3. The average Bonchev–Trinajstić information content (AvgIpc) is 2.37. The fraction of sp³-hybridized carbons (Fsp3) is 0.462. The lowest BCUT2D eigenvalue weighted by Gasteiger charge is -2.05. The molecule has 0 saturated carbocycles. The smallest absolute Gasteiger partial charge is 0.220 e. The van der Waals surface area contributed by atoms with E-state index in [1.54, 1.807) is 11.8 Å². The van der Waals surface area contributed by atoms with Gasteiger partial charge >= 0.3 is 0 Å². The van der Waals surface area contributed by atoms with Gasteiger partial charge in [0, 0.05) is 28.1 Å². The summed E-state index contributed by atoms with van der Waals surface area (Å²) >= 11 is 5.11. The highest BCUT2D eigenvalue weighted by atomic mass is 79.9. The first kappa shape index (κ1) is 15.5. The average molecular weight is 331 g/mol. The summed E-state index contributed by atoms with van der Waals surface area (Å²) < 4.78 is 1.08. The molecule has 5 heteroatoms. The molecule has 100 valence electrons. The van der Waals surface area contributed by atoms with Crippen molar-refractivity contribution in [1.29, 1.82) is 0 Å². The van der Waals surface area contributed by atoms with E-state index < -0.39 is 0 Å². The van der Waals surface area contributed by atoms with Crippen LogP contribution in [0.2, 0.25) is 0 Å². The van der Waals surface area contributed by atoms with Crippen molar-refractivity contribution in [3.05, 3.63) is 28.7 Å². The third kappa shape index (κ3) is 7.03. The van der Waals surface area contributed by atoms with E-state index in [9.17, 15) is 4.79 Å². The molecular weight excluding hydrogens is 312 g/mol. The lowest BCUT2D eigenvalue weighted by molar-refractivity contribution is -0.120. The van der Waals surface area contributed by atoms with E-state index in [-0.39, 0.29) is 5.91 Å². The third-order valence-corrected chi connectivity index (χ3v) is 3.88. The van der Waals surface area contributed by atoms with Gasteiger partial charge in [0.25, 0.3) is 0 Å². The molecule has 1 amide bonds. The van der Waals surface area contributed by atoms with Gasteiger partial charge in [0.2, 0.25) is 5.91 Å². The van der Waals surface area contributed by atoms with Gasteiger partial charge in [-0.15, -0.1) is 11.8 Å². The molecule has 0 aliphatic carbocycles. The van der Waals surface area contributed by atoms with Crippen molar-refractivity contribution >= 4 is 33.6 Å². The highest BCUT2D eigenvalue weighted by molar-refractivity contribution is 9.10. The van der Waals surface area contributed by atoms with E-state index in [2.05, 4.69) is 38.7 Å². The van der Waals surface area contributed by atoms with Crippen molar-refractivity contribution in [3.63, 3.8) is 0 Å². The fourth-order valence-corrected chi connectivity index (χ4v) is 2.49. The molecule has 0 aliphatic heterocycles. The molecule has 0 aliphatic rings. The Balaban J connectivity index is 2.10. The van der Waals surface area contributed by atoms with Crippen LogP contribution >= 0.6 is 27.7 Å². The molecule has 1 aromatic rings. The molecule has 0 radical (unpaired) electrons. The van der Waals surface area contributed by atoms with Crippen molar-refractivity contribution in [2.24, 2.45) is 0 Å². The van der Waals surface area contributed by atoms with E-state index >= 15 is 0 Å². The van der Waals surface area contributed by atoms with Crippen LogP contribution in [-0.2, 0) is 4.79 Å². The van der Waals surface area contributed by atoms with Gasteiger partial charge < -0.3 is 10.6 Å². The number of carbonyl (C=O) groups is 1. The second-order valence-electron chi connectivity index (χ2n) is 3.86. The summed E-state index contributed by atoms with van der Waals surface area (Å²) in [5.41, 5.74) is 0. The number of hydrogen-bond donors (Lipinski definition) is 2. The number of benzene rings is 1. The second kappa shape index (κ2) is 9.42. The Kier molecular flexibility index (Phi) is 8.13. The zero-order valence-electron chi connectivity index (χ0n) is 10.5. The molecule has 0 unspecified atom stereocenters. The molecule has 1 rings (SSSR count). The zero-order chi connectivity index (χ0) is 13.2. The van der Waals surface area contributed by atoms with Crippen molar-refractivity contribution in [3.8, 4) is 0 Å². The van der Waals surface area contributed by atoms with Gasteiger partial charge in [-0.3, -0.25) is 4.79 Å². The minimum atomic E-state index is 0.135. The van der Waals surface area contributed by atoms with Gasteiger partial charge in [0.05, 0.1) is 0 Å². The number of hydrogen-bond acceptors (Lipinski definition) is 3. The van der Waals surface area contributed by atoms with Crippen molar-refractivity contribution in [1.82, 2.24) is 10.6 Å². The van der Waals surface area contributed by atoms with Gasteiger partial charge in [-0.1, -0.05) is 15.9 Å². The van der Waals surface area contributed by atoms with Crippen LogP contribution in [0.25, 0.3) is 0 Å². The third-order valence-electron chi connectivity index (χ3n) is 2.34. The van der Waals surface area contributed by atoms with Crippen LogP contribution in [0.15, 0.2) is 33.6 Å². The highest BCUT2D eigenvalue weighted by Gasteiger charge is 2.01. The molecule has 0 bridgehead atoms. The molecule has 0 atom stereocenters. The van der Waals surface area contributed by atoms with E-state index in [0.717, 1.165) is 29.7 Å². The van der Waals surface area contributed by atoms with Crippen LogP contribution in [0.4, 0.5) is 0 Å². The Bertz CT molecular complexity index is 357. The number of halogens is 1. The van der Waals surface area contributed by atoms with E-state index in [1.165, 1.54) is 4.90 Å². The molecule has 3 nitrogen and oxygen atoms in total. The number of nitrogens with one attached hydrogen (secondary N) is 2. The summed E-state index contributed by atoms with van der Waals surface area (Å²) in [4.78, 5) is 12.7. The predicted molar refractivity (Wildman–Crippen MR) is 81.0 cm³/mol. The van der Waals surface area contributed by atoms with Gasteiger partial charge in [-0.05, 0) is 44.3 Å². The summed E-state index contributed by atoms with van der Waals surface area (Å²) in [6, 6.07) is 8.14. The Morgan fingerprint density at radius 2 is 2.00 bits per heavy atom. The SMILES string of the molecule is CNCCCNC(=O)CCSc1ccc(Br)cc1. The van der Waals surface area contributed by atoms with Crippen LogP contribution in [0.3, 0.4) is 0 Å². The summed E-state index contributed by atoms with van der Waals surface area (Å²) in [6.45, 7) is 1.69. The Morgan fingerprint density at radius 3 is 2.67 bits per heavy atom. The van der Waals surface area contributed by atoms with E-state index in [0.29, 0.717) is 6.42 Å². The first-order valence-electron chi connectivity index (χ1n) is 6.02. The van der Waals surface area contributed by atoms with E-state index in [1.807, 2.05) is 19.2 Å². The first-order chi connectivity index (χ1) is 8.72. The summed E-state index contributed by atoms with van der Waals surface area (Å²) in [5, 5.41) is 5.96. The largest absolute Gasteiger partial charge is 0.356 e. The van der Waals surface area contributed by atoms with Gasteiger partial charge in [0.1, 0.15) is 0 Å². The van der Waals surface area contributed by atoms with Gasteiger partial charge in [-0.25, -0.2) is 0 Å². The lowest BCUT2D eigenvalue weighted by atomic mass is 10.4. The Hall–Kier alpha value is -0.520. The molecular formula is C13H19BrN2OS. The van der Waals surface area contributed by atoms with Gasteiger partial charge in [-0.2, -0.15) is 0 Å². The summed E-state index contributed by atoms with van der Waals surface area (Å²) in [6.07, 6.45) is 1.54. The lowest BCUT2D eigenvalue weighted by Crippen LogP contribution is -2.26. The summed E-state index contributed by atoms with van der Waals surface area (Å²) in [7, 11) is 1.91. The first-order valence-corrected chi connectivity index (χ1v) is 7.80. The van der Waals surface area contributed by atoms with Crippen LogP contribution in [0.1, 0.15) is 12.8 Å². The number of thioether (sulfide) groups is 1. The molecule has 18 heavy (non-hydrogen) atoms. The van der Waals surface area contributed by atoms with Crippen molar-refractivity contribution < 1.29 is 4.79 Å². The minimum absolute atomic E-state index is 0.135. The zero-order valence-corrected chi connectivity index (χ0v) is 12.9. The second-order valence-corrected chi connectivity index (χ2v) is 5.94. The highest BCUT2D eigenvalue weighted by Crippen LogP contribution is 2.20. The van der Waals surface area contributed by atoms with Crippen molar-refractivity contribution in [2.75, 3.05) is 25.9 Å². The number of carbonyl (C=O) groups excluding carboxylic acids is 1. The van der Waals surface area contributed by atoms with E-state index in [4.69, 9.17) is 0 Å². The predicted octanol–water partition coefficient (Wildman–Crippen LogP) is 2.66. The molecule has 0 spiro atoms. The monoisotopic (exact) mass is 330 g/mol. The summed E-state index contributed by atoms with van der Waals surface area (Å²) in [5.74, 6) is 0.954. The molecule has 0 fully saturated rings. The molecule has 2 N–H and O–H groups in total. The molecule has 0 aromatic heterocycles. The maximum Gasteiger partial charge on any atom is 0.220 e. The Labute approximate surface area is 121 Å². The quantitative estimate of drug-likeness (QED) is 0.568. The topological polar surface area (TPSA) is 41.1 Å². The van der Waals surface area contributed by atoms with Gasteiger partial charge in [0.15, 0.2) is 0 Å². The van der Waals surface area contributed by atoms with Crippen LogP contribution in [0.5, 0.6) is 0 Å². The molecule has 0 heterocycles. The maximum absolute atomic E-state index is 11.5. The standard InChI is InChI=1S/C13H19BrN2OS/c1-15-8-2-9-16-13(17)7-10-18-12-5-3-11(14)4-6-12/h3-6,15H,2,7-10H2,1H3,(H,16,17). The number of rotatable bonds is 8. The molecule has 0 saturated heterocycles. The van der Waals surface area contributed by atoms with Crippen LogP contribution in [0, 0.1) is 0 Å². The number of amides is 1. The minimum Gasteiger partial charge on any atom is -0.356 e. The fourth-order valence-electron chi connectivity index (χ4n) is 1.37. The van der Waals surface area contributed by atoms with Crippen molar-refractivity contribution in [2.45, 2.75) is 17.7 Å². The van der Waals surface area contributed by atoms with Crippen LogP contribution < -0.4 is 10.6 Å².